The molecule has 0 bridgehead atoms. The maximum absolute atomic E-state index is 5.70. The molecule has 0 heterocycles. The summed E-state index contributed by atoms with van der Waals surface area (Å²) in [6, 6.07) is 0. The van der Waals surface area contributed by atoms with Crippen molar-refractivity contribution in [3.63, 3.8) is 0 Å². The quantitative estimate of drug-likeness (QED) is 0.687. The lowest BCUT2D eigenvalue weighted by Crippen LogP contribution is -2.13. The van der Waals surface area contributed by atoms with Crippen molar-refractivity contribution in [1.29, 1.82) is 0 Å². The van der Waals surface area contributed by atoms with Crippen molar-refractivity contribution in [2.75, 3.05) is 11.9 Å². The summed E-state index contributed by atoms with van der Waals surface area (Å²) in [5, 5.41) is 1.20. The molecule has 0 saturated carbocycles. The number of nitrogens with two attached hydrogens (primary N) is 1. The summed E-state index contributed by atoms with van der Waals surface area (Å²) in [5.74, 6) is 0. The molecule has 0 saturated heterocycles. The van der Waals surface area contributed by atoms with Crippen molar-refractivity contribution < 1.29 is 0 Å². The highest BCUT2D eigenvalue weighted by molar-refractivity contribution is 9.09. The van der Waals surface area contributed by atoms with Gasteiger partial charge >= 0.3 is 0 Å². The van der Waals surface area contributed by atoms with Gasteiger partial charge in [-0.05, 0) is 12.8 Å². The third-order valence-corrected chi connectivity index (χ3v) is 1.86. The maximum Gasteiger partial charge on any atom is 0.0458 e. The zero-order chi connectivity index (χ0) is 6.41. The Kier molecular flexibility index (Phi) is 6.39. The molecule has 3 heteroatoms. The molecule has 0 radical (unpaired) electrons. The smallest absolute Gasteiger partial charge is 0.0458 e. The number of hydrogen-bond acceptors (Lipinski definition) is 1. The summed E-state index contributed by atoms with van der Waals surface area (Å²) in [4.78, 5) is 0. The average Bonchev–Trinajstić information content (AvgIpc) is 1.83. The second-order valence-corrected chi connectivity index (χ2v) is 3.07. The molecular formula is C5H11BrClN. The van der Waals surface area contributed by atoms with Crippen LogP contribution in [0.15, 0.2) is 0 Å². The van der Waals surface area contributed by atoms with E-state index in [1.165, 1.54) is 0 Å². The minimum atomic E-state index is 0.174. The third kappa shape index (κ3) is 4.88. The van der Waals surface area contributed by atoms with Gasteiger partial charge in [-0.15, -0.1) is 11.6 Å². The Morgan fingerprint density at radius 1 is 1.62 bits per heavy atom. The Labute approximate surface area is 63.7 Å². The van der Waals surface area contributed by atoms with Gasteiger partial charge in [-0.2, -0.15) is 0 Å². The summed E-state index contributed by atoms with van der Waals surface area (Å²) in [5.41, 5.74) is 5.27. The van der Waals surface area contributed by atoms with E-state index in [1.807, 2.05) is 0 Å². The minimum absolute atomic E-state index is 0.174. The zero-order valence-corrected chi connectivity index (χ0v) is 7.08. The van der Waals surface area contributed by atoms with Crippen LogP contribution in [0, 0.1) is 0 Å². The third-order valence-electron chi connectivity index (χ3n) is 0.907. The molecule has 0 aromatic heterocycles. The highest BCUT2D eigenvalue weighted by Crippen LogP contribution is 2.04. The van der Waals surface area contributed by atoms with E-state index in [0.717, 1.165) is 18.2 Å². The summed E-state index contributed by atoms with van der Waals surface area (Å²) < 4.78 is 0. The highest BCUT2D eigenvalue weighted by Gasteiger charge is 1.98. The van der Waals surface area contributed by atoms with Crippen LogP contribution in [0.4, 0.5) is 0 Å². The van der Waals surface area contributed by atoms with Crippen LogP contribution < -0.4 is 5.73 Å². The fraction of sp³-hybridized carbons (Fsp3) is 1.00. The molecule has 0 spiro atoms. The molecule has 2 N–H and O–H groups in total. The molecule has 0 aliphatic rings. The standard InChI is InChI=1S/C5H11BrClN/c6-3-1-2-5(7)4-8/h5H,1-4,8H2. The Morgan fingerprint density at radius 2 is 2.25 bits per heavy atom. The van der Waals surface area contributed by atoms with Gasteiger partial charge in [-0.1, -0.05) is 15.9 Å². The van der Waals surface area contributed by atoms with E-state index in [2.05, 4.69) is 15.9 Å². The van der Waals surface area contributed by atoms with Crippen molar-refractivity contribution in [3.8, 4) is 0 Å². The minimum Gasteiger partial charge on any atom is -0.329 e. The lowest BCUT2D eigenvalue weighted by molar-refractivity contribution is 0.743. The Hall–Kier alpha value is 0.730. The first-order chi connectivity index (χ1) is 3.81. The van der Waals surface area contributed by atoms with Crippen LogP contribution in [-0.2, 0) is 0 Å². The molecule has 0 fully saturated rings. The molecule has 1 atom stereocenters. The van der Waals surface area contributed by atoms with Gasteiger partial charge in [0.15, 0.2) is 0 Å². The second kappa shape index (κ2) is 5.86. The van der Waals surface area contributed by atoms with E-state index >= 15 is 0 Å². The van der Waals surface area contributed by atoms with Gasteiger partial charge in [0.2, 0.25) is 0 Å². The van der Waals surface area contributed by atoms with E-state index in [9.17, 15) is 0 Å². The molecule has 0 aromatic carbocycles. The Bertz CT molecular complexity index is 51.7. The molecule has 1 unspecified atom stereocenters. The molecule has 0 amide bonds. The van der Waals surface area contributed by atoms with Gasteiger partial charge < -0.3 is 5.73 Å². The van der Waals surface area contributed by atoms with Crippen molar-refractivity contribution in [3.05, 3.63) is 0 Å². The number of rotatable bonds is 4. The molecule has 0 aliphatic heterocycles. The summed E-state index contributed by atoms with van der Waals surface area (Å²) in [7, 11) is 0. The molecule has 0 aliphatic carbocycles. The molecule has 50 valence electrons. The highest BCUT2D eigenvalue weighted by atomic mass is 79.9. The topological polar surface area (TPSA) is 26.0 Å². The SMILES string of the molecule is NCC(Cl)CCCBr. The van der Waals surface area contributed by atoms with Gasteiger partial charge in [0.05, 0.1) is 0 Å². The molecule has 0 rings (SSSR count). The van der Waals surface area contributed by atoms with E-state index in [0.29, 0.717) is 6.54 Å². The second-order valence-electron chi connectivity index (χ2n) is 1.66. The predicted molar refractivity (Wildman–Crippen MR) is 41.7 cm³/mol. The van der Waals surface area contributed by atoms with Gasteiger partial charge in [0, 0.05) is 17.3 Å². The van der Waals surface area contributed by atoms with Crippen molar-refractivity contribution in [1.82, 2.24) is 0 Å². The summed E-state index contributed by atoms with van der Waals surface area (Å²) >= 11 is 9.01. The monoisotopic (exact) mass is 199 g/mol. The first kappa shape index (κ1) is 8.73. The van der Waals surface area contributed by atoms with Crippen LogP contribution in [0.25, 0.3) is 0 Å². The van der Waals surface area contributed by atoms with Gasteiger partial charge in [0.25, 0.3) is 0 Å². The van der Waals surface area contributed by atoms with E-state index < -0.39 is 0 Å². The Morgan fingerprint density at radius 3 is 2.62 bits per heavy atom. The van der Waals surface area contributed by atoms with Crippen molar-refractivity contribution >= 4 is 27.5 Å². The summed E-state index contributed by atoms with van der Waals surface area (Å²) in [6.07, 6.45) is 2.13. The van der Waals surface area contributed by atoms with E-state index in [4.69, 9.17) is 17.3 Å². The van der Waals surface area contributed by atoms with Crippen LogP contribution in [0.1, 0.15) is 12.8 Å². The van der Waals surface area contributed by atoms with Crippen molar-refractivity contribution in [2.24, 2.45) is 5.73 Å². The lowest BCUT2D eigenvalue weighted by Gasteiger charge is -2.01. The molecule has 8 heavy (non-hydrogen) atoms. The van der Waals surface area contributed by atoms with Crippen LogP contribution in [0.2, 0.25) is 0 Å². The van der Waals surface area contributed by atoms with E-state index in [1.54, 1.807) is 0 Å². The predicted octanol–water partition coefficient (Wildman–Crippen LogP) is 1.73. The maximum atomic E-state index is 5.70. The van der Waals surface area contributed by atoms with Crippen LogP contribution >= 0.6 is 27.5 Å². The Balaban J connectivity index is 2.86. The van der Waals surface area contributed by atoms with Crippen molar-refractivity contribution in [2.45, 2.75) is 18.2 Å². The van der Waals surface area contributed by atoms with Gasteiger partial charge in [0.1, 0.15) is 0 Å². The van der Waals surface area contributed by atoms with Crippen LogP contribution in [0.5, 0.6) is 0 Å². The fourth-order valence-corrected chi connectivity index (χ4v) is 0.895. The molecular weight excluding hydrogens is 189 g/mol. The largest absolute Gasteiger partial charge is 0.329 e. The summed E-state index contributed by atoms with van der Waals surface area (Å²) in [6.45, 7) is 0.592. The fourth-order valence-electron chi connectivity index (χ4n) is 0.416. The van der Waals surface area contributed by atoms with Gasteiger partial charge in [-0.25, -0.2) is 0 Å². The molecule has 0 aromatic rings. The lowest BCUT2D eigenvalue weighted by atomic mass is 10.2. The first-order valence-corrected chi connectivity index (χ1v) is 4.27. The zero-order valence-electron chi connectivity index (χ0n) is 4.74. The molecule has 1 nitrogen and oxygen atoms in total. The van der Waals surface area contributed by atoms with E-state index in [-0.39, 0.29) is 5.38 Å². The number of alkyl halides is 2. The van der Waals surface area contributed by atoms with Crippen LogP contribution in [0.3, 0.4) is 0 Å². The first-order valence-electron chi connectivity index (χ1n) is 2.71. The number of halogens is 2. The normalized spacial score (nSPS) is 13.9. The van der Waals surface area contributed by atoms with Crippen LogP contribution in [-0.4, -0.2) is 17.3 Å². The number of hydrogen-bond donors (Lipinski definition) is 1. The average molecular weight is 201 g/mol. The van der Waals surface area contributed by atoms with Gasteiger partial charge in [-0.3, -0.25) is 0 Å².